The fourth-order valence-electron chi connectivity index (χ4n) is 3.75. The van der Waals surface area contributed by atoms with E-state index in [0.29, 0.717) is 18.7 Å². The average Bonchev–Trinajstić information content (AvgIpc) is 3.22. The molecule has 1 amide bonds. The number of nitrogens with zero attached hydrogens (tertiary/aromatic N) is 2. The van der Waals surface area contributed by atoms with Crippen LogP contribution in [0.1, 0.15) is 34.9 Å². The van der Waals surface area contributed by atoms with E-state index >= 15 is 0 Å². The van der Waals surface area contributed by atoms with Crippen LogP contribution in [-0.2, 0) is 10.0 Å². The Hall–Kier alpha value is -3.15. The largest absolute Gasteiger partial charge is 0.342 e. The van der Waals surface area contributed by atoms with Gasteiger partial charge in [-0.3, -0.25) is 4.79 Å². The standard InChI is InChI=1S/C22H22N4O3S/c1-2-12-23-30(28,29)18-9-5-7-16(14-18)22(27)26-13-6-8-17(15-26)21-24-19-10-3-4-11-20(19)25-21/h1,3-5,7,9-11,14,17,23H,6,8,12-13,15H2,(H,24,25). The van der Waals surface area contributed by atoms with E-state index in [4.69, 9.17) is 6.42 Å². The number of carbonyl (C=O) groups excluding carboxylic acids is 1. The summed E-state index contributed by atoms with van der Waals surface area (Å²) in [5, 5.41) is 0. The number of piperidine rings is 1. The van der Waals surface area contributed by atoms with Gasteiger partial charge in [0.1, 0.15) is 5.82 Å². The Morgan fingerprint density at radius 1 is 1.27 bits per heavy atom. The lowest BCUT2D eigenvalue weighted by molar-refractivity contribution is 0.0704. The van der Waals surface area contributed by atoms with Gasteiger partial charge in [0.25, 0.3) is 5.91 Å². The topological polar surface area (TPSA) is 95.2 Å². The minimum absolute atomic E-state index is 0.0226. The van der Waals surface area contributed by atoms with Crippen molar-refractivity contribution in [1.82, 2.24) is 19.6 Å². The lowest BCUT2D eigenvalue weighted by Gasteiger charge is -2.32. The third-order valence-corrected chi connectivity index (χ3v) is 6.66. The smallest absolute Gasteiger partial charge is 0.253 e. The number of rotatable bonds is 5. The van der Waals surface area contributed by atoms with Crippen LogP contribution in [0.4, 0.5) is 0 Å². The SMILES string of the molecule is C#CCNS(=O)(=O)c1cccc(C(=O)N2CCCC(c3nc4ccccc4[nH]3)C2)c1. The van der Waals surface area contributed by atoms with Crippen molar-refractivity contribution in [3.63, 3.8) is 0 Å². The predicted octanol–water partition coefficient (Wildman–Crippen LogP) is 2.49. The number of imidazole rings is 1. The summed E-state index contributed by atoms with van der Waals surface area (Å²) in [6, 6.07) is 13.9. The van der Waals surface area contributed by atoms with E-state index in [1.54, 1.807) is 17.0 Å². The van der Waals surface area contributed by atoms with Crippen molar-refractivity contribution in [2.75, 3.05) is 19.6 Å². The summed E-state index contributed by atoms with van der Waals surface area (Å²) < 4.78 is 27.0. The van der Waals surface area contributed by atoms with Gasteiger partial charge >= 0.3 is 0 Å². The zero-order chi connectivity index (χ0) is 21.1. The van der Waals surface area contributed by atoms with Crippen molar-refractivity contribution < 1.29 is 13.2 Å². The molecule has 1 aromatic heterocycles. The number of sulfonamides is 1. The van der Waals surface area contributed by atoms with Crippen molar-refractivity contribution in [3.05, 3.63) is 59.9 Å². The number of hydrogen-bond acceptors (Lipinski definition) is 4. The molecule has 0 spiro atoms. The maximum atomic E-state index is 13.1. The molecule has 8 heteroatoms. The van der Waals surface area contributed by atoms with Gasteiger partial charge in [-0.15, -0.1) is 6.42 Å². The van der Waals surface area contributed by atoms with Crippen molar-refractivity contribution in [1.29, 1.82) is 0 Å². The first kappa shape index (κ1) is 20.1. The fourth-order valence-corrected chi connectivity index (χ4v) is 4.73. The highest BCUT2D eigenvalue weighted by Crippen LogP contribution is 2.28. The quantitative estimate of drug-likeness (QED) is 0.618. The number of hydrogen-bond donors (Lipinski definition) is 2. The molecule has 1 aliphatic rings. The first-order valence-electron chi connectivity index (χ1n) is 9.75. The van der Waals surface area contributed by atoms with Gasteiger partial charge in [-0.2, -0.15) is 4.72 Å². The first-order valence-corrected chi connectivity index (χ1v) is 11.2. The van der Waals surface area contributed by atoms with Gasteiger partial charge in [0, 0.05) is 24.6 Å². The maximum Gasteiger partial charge on any atom is 0.253 e. The molecule has 154 valence electrons. The zero-order valence-corrected chi connectivity index (χ0v) is 17.2. The number of benzene rings is 2. The van der Waals surface area contributed by atoms with Crippen LogP contribution in [0.15, 0.2) is 53.4 Å². The van der Waals surface area contributed by atoms with Crippen molar-refractivity contribution in [2.24, 2.45) is 0 Å². The minimum atomic E-state index is -3.76. The van der Waals surface area contributed by atoms with E-state index in [0.717, 1.165) is 29.7 Å². The molecule has 1 unspecified atom stereocenters. The number of aromatic amines is 1. The van der Waals surface area contributed by atoms with Crippen molar-refractivity contribution in [2.45, 2.75) is 23.7 Å². The lowest BCUT2D eigenvalue weighted by atomic mass is 9.96. The molecule has 4 rings (SSSR count). The average molecular weight is 423 g/mol. The fraction of sp³-hybridized carbons (Fsp3) is 0.273. The Balaban J connectivity index is 1.53. The van der Waals surface area contributed by atoms with Crippen LogP contribution in [0.5, 0.6) is 0 Å². The number of H-pyrrole nitrogens is 1. The second kappa shape index (κ2) is 8.30. The Morgan fingerprint density at radius 2 is 2.10 bits per heavy atom. The third-order valence-electron chi connectivity index (χ3n) is 5.26. The predicted molar refractivity (Wildman–Crippen MR) is 114 cm³/mol. The van der Waals surface area contributed by atoms with Gasteiger partial charge in [-0.05, 0) is 43.2 Å². The van der Waals surface area contributed by atoms with Crippen LogP contribution in [0.3, 0.4) is 0 Å². The Bertz CT molecular complexity index is 1190. The summed E-state index contributed by atoms with van der Waals surface area (Å²) >= 11 is 0. The molecule has 30 heavy (non-hydrogen) atoms. The van der Waals surface area contributed by atoms with E-state index in [-0.39, 0.29) is 23.3 Å². The molecule has 0 saturated carbocycles. The molecule has 1 fully saturated rings. The molecule has 2 heterocycles. The summed E-state index contributed by atoms with van der Waals surface area (Å²) in [4.78, 5) is 22.9. The van der Waals surface area contributed by atoms with E-state index in [9.17, 15) is 13.2 Å². The van der Waals surface area contributed by atoms with Crippen molar-refractivity contribution >= 4 is 27.0 Å². The molecule has 1 atom stereocenters. The number of nitrogens with one attached hydrogen (secondary N) is 2. The van der Waals surface area contributed by atoms with E-state index in [1.165, 1.54) is 12.1 Å². The molecule has 0 aliphatic carbocycles. The normalized spacial score (nSPS) is 17.0. The van der Waals surface area contributed by atoms with Gasteiger partial charge in [0.2, 0.25) is 10.0 Å². The highest BCUT2D eigenvalue weighted by molar-refractivity contribution is 7.89. The molecule has 3 aromatic rings. The van der Waals surface area contributed by atoms with Crippen LogP contribution in [0.25, 0.3) is 11.0 Å². The van der Waals surface area contributed by atoms with E-state index in [1.807, 2.05) is 24.3 Å². The second-order valence-corrected chi connectivity index (χ2v) is 9.05. The number of amides is 1. The van der Waals surface area contributed by atoms with Crippen LogP contribution in [0, 0.1) is 12.3 Å². The van der Waals surface area contributed by atoms with Crippen LogP contribution in [-0.4, -0.2) is 48.8 Å². The van der Waals surface area contributed by atoms with Gasteiger partial charge in [0.05, 0.1) is 22.5 Å². The monoisotopic (exact) mass is 422 g/mol. The Labute approximate surface area is 175 Å². The van der Waals surface area contributed by atoms with Crippen LogP contribution >= 0.6 is 0 Å². The zero-order valence-electron chi connectivity index (χ0n) is 16.3. The first-order chi connectivity index (χ1) is 14.5. The van der Waals surface area contributed by atoms with Crippen LogP contribution in [0.2, 0.25) is 0 Å². The molecule has 2 aromatic carbocycles. The van der Waals surface area contributed by atoms with Crippen LogP contribution < -0.4 is 4.72 Å². The summed E-state index contributed by atoms with van der Waals surface area (Å²) in [5.41, 5.74) is 2.23. The molecule has 7 nitrogen and oxygen atoms in total. The number of fused-ring (bicyclic) bond motifs is 1. The van der Waals surface area contributed by atoms with Crippen molar-refractivity contribution in [3.8, 4) is 12.3 Å². The molecule has 1 saturated heterocycles. The Morgan fingerprint density at radius 3 is 2.90 bits per heavy atom. The number of terminal acetylenes is 1. The lowest BCUT2D eigenvalue weighted by Crippen LogP contribution is -2.39. The maximum absolute atomic E-state index is 13.1. The summed E-state index contributed by atoms with van der Waals surface area (Å²) in [5.74, 6) is 3.04. The van der Waals surface area contributed by atoms with Gasteiger partial charge < -0.3 is 9.88 Å². The number of aromatic nitrogens is 2. The molecule has 0 radical (unpaired) electrons. The van der Waals surface area contributed by atoms with E-state index in [2.05, 4.69) is 20.6 Å². The molecule has 0 bridgehead atoms. The minimum Gasteiger partial charge on any atom is -0.342 e. The van der Waals surface area contributed by atoms with Gasteiger partial charge in [-0.25, -0.2) is 13.4 Å². The van der Waals surface area contributed by atoms with Gasteiger partial charge in [-0.1, -0.05) is 24.1 Å². The highest BCUT2D eigenvalue weighted by atomic mass is 32.2. The number of carbonyl (C=O) groups is 1. The molecular weight excluding hydrogens is 400 g/mol. The Kier molecular flexibility index (Phi) is 5.57. The molecule has 1 aliphatic heterocycles. The highest BCUT2D eigenvalue weighted by Gasteiger charge is 2.28. The number of para-hydroxylation sites is 2. The summed E-state index contributed by atoms with van der Waals surface area (Å²) in [6.07, 6.45) is 6.92. The third kappa shape index (κ3) is 4.08. The summed E-state index contributed by atoms with van der Waals surface area (Å²) in [7, 11) is -3.76. The molecule has 2 N–H and O–H groups in total. The summed E-state index contributed by atoms with van der Waals surface area (Å²) in [6.45, 7) is 1.05. The van der Waals surface area contributed by atoms with Gasteiger partial charge in [0.15, 0.2) is 0 Å². The molecular formula is C22H22N4O3S. The number of likely N-dealkylation sites (tertiary alicyclic amines) is 1. The second-order valence-electron chi connectivity index (χ2n) is 7.29. The van der Waals surface area contributed by atoms with E-state index < -0.39 is 10.0 Å².